The van der Waals surface area contributed by atoms with Crippen LogP contribution in [0.4, 0.5) is 5.69 Å². The van der Waals surface area contributed by atoms with Crippen molar-refractivity contribution in [3.63, 3.8) is 0 Å². The number of rotatable bonds is 5. The maximum Gasteiger partial charge on any atom is 0.238 e. The molecule has 1 aliphatic carbocycles. The van der Waals surface area contributed by atoms with Gasteiger partial charge in [-0.2, -0.15) is 0 Å². The van der Waals surface area contributed by atoms with Gasteiger partial charge in [-0.3, -0.25) is 4.79 Å². The first-order valence-electron chi connectivity index (χ1n) is 7.28. The number of benzene rings is 1. The van der Waals surface area contributed by atoms with Crippen LogP contribution in [0, 0.1) is 13.8 Å². The summed E-state index contributed by atoms with van der Waals surface area (Å²) in [6, 6.07) is 5.89. The number of carbonyl (C=O) groups excluding carboxylic acids is 1. The second-order valence-corrected chi connectivity index (χ2v) is 5.79. The van der Waals surface area contributed by atoms with Crippen molar-refractivity contribution >= 4 is 11.6 Å². The van der Waals surface area contributed by atoms with E-state index in [1.807, 2.05) is 32.0 Å². The van der Waals surface area contributed by atoms with Crippen molar-refractivity contribution in [2.45, 2.75) is 45.1 Å². The van der Waals surface area contributed by atoms with Crippen LogP contribution in [-0.2, 0) is 4.79 Å². The van der Waals surface area contributed by atoms with Gasteiger partial charge in [-0.05, 0) is 43.9 Å². The fraction of sp³-hybridized carbons (Fsp3) is 0.562. The highest BCUT2D eigenvalue weighted by molar-refractivity contribution is 5.93. The van der Waals surface area contributed by atoms with Gasteiger partial charge in [-0.25, -0.2) is 0 Å². The highest BCUT2D eigenvalue weighted by Crippen LogP contribution is 2.28. The Balaban J connectivity index is 1.91. The number of hydrogen-bond acceptors (Lipinski definition) is 3. The Hall–Kier alpha value is -1.39. The number of nitrogens with one attached hydrogen (secondary N) is 2. The molecule has 1 amide bonds. The average Bonchev–Trinajstić information content (AvgIpc) is 2.91. The van der Waals surface area contributed by atoms with E-state index in [1.54, 1.807) is 0 Å². The Morgan fingerprint density at radius 2 is 2.00 bits per heavy atom. The summed E-state index contributed by atoms with van der Waals surface area (Å²) in [5.41, 5.74) is 2.87. The van der Waals surface area contributed by atoms with Gasteiger partial charge in [-0.1, -0.05) is 25.0 Å². The minimum Gasteiger partial charge on any atom is -0.394 e. The molecule has 0 unspecified atom stereocenters. The van der Waals surface area contributed by atoms with Gasteiger partial charge >= 0.3 is 0 Å². The first-order valence-corrected chi connectivity index (χ1v) is 7.28. The second kappa shape index (κ2) is 6.37. The van der Waals surface area contributed by atoms with Crippen LogP contribution in [0.5, 0.6) is 0 Å². The molecule has 0 aromatic heterocycles. The molecule has 0 spiro atoms. The average molecular weight is 276 g/mol. The lowest BCUT2D eigenvalue weighted by atomic mass is 9.99. The molecular weight excluding hydrogens is 252 g/mol. The Morgan fingerprint density at radius 1 is 1.30 bits per heavy atom. The zero-order chi connectivity index (χ0) is 14.6. The first kappa shape index (κ1) is 15.0. The SMILES string of the molecule is Cc1cccc(NC(=O)CNC2(CO)CCCC2)c1C. The normalized spacial score (nSPS) is 17.1. The lowest BCUT2D eigenvalue weighted by Crippen LogP contribution is -2.49. The third kappa shape index (κ3) is 3.38. The number of aryl methyl sites for hydroxylation is 1. The van der Waals surface area contributed by atoms with E-state index in [0.29, 0.717) is 0 Å². The molecule has 0 heterocycles. The van der Waals surface area contributed by atoms with E-state index in [1.165, 1.54) is 5.56 Å². The Bertz CT molecular complexity index is 479. The molecule has 0 saturated heterocycles. The molecule has 0 radical (unpaired) electrons. The molecule has 1 aromatic carbocycles. The van der Waals surface area contributed by atoms with Crippen LogP contribution in [-0.4, -0.2) is 29.7 Å². The van der Waals surface area contributed by atoms with Gasteiger partial charge in [0.25, 0.3) is 0 Å². The molecular formula is C16H24N2O2. The van der Waals surface area contributed by atoms with Crippen molar-refractivity contribution in [2.24, 2.45) is 0 Å². The summed E-state index contributed by atoms with van der Waals surface area (Å²) in [4.78, 5) is 12.0. The van der Waals surface area contributed by atoms with Crippen LogP contribution < -0.4 is 10.6 Å². The minimum absolute atomic E-state index is 0.0570. The van der Waals surface area contributed by atoms with Crippen molar-refractivity contribution in [2.75, 3.05) is 18.5 Å². The Morgan fingerprint density at radius 3 is 2.65 bits per heavy atom. The Kier molecular flexibility index (Phi) is 4.78. The van der Waals surface area contributed by atoms with Gasteiger partial charge in [0.1, 0.15) is 0 Å². The van der Waals surface area contributed by atoms with Gasteiger partial charge < -0.3 is 15.7 Å². The van der Waals surface area contributed by atoms with Crippen LogP contribution in [0.25, 0.3) is 0 Å². The predicted molar refractivity (Wildman–Crippen MR) is 80.8 cm³/mol. The van der Waals surface area contributed by atoms with Crippen molar-refractivity contribution in [1.29, 1.82) is 0 Å². The van der Waals surface area contributed by atoms with Gasteiger partial charge in [0.15, 0.2) is 0 Å². The molecule has 110 valence electrons. The summed E-state index contributed by atoms with van der Waals surface area (Å²) in [6.07, 6.45) is 4.12. The van der Waals surface area contributed by atoms with Crippen LogP contribution in [0.15, 0.2) is 18.2 Å². The topological polar surface area (TPSA) is 61.4 Å². The third-order valence-electron chi connectivity index (χ3n) is 4.37. The zero-order valence-corrected chi connectivity index (χ0v) is 12.3. The van der Waals surface area contributed by atoms with E-state index in [0.717, 1.165) is 36.9 Å². The highest BCUT2D eigenvalue weighted by atomic mass is 16.3. The number of aliphatic hydroxyl groups excluding tert-OH is 1. The quantitative estimate of drug-likeness (QED) is 0.772. The van der Waals surface area contributed by atoms with Crippen molar-refractivity contribution < 1.29 is 9.90 Å². The molecule has 0 bridgehead atoms. The predicted octanol–water partition coefficient (Wildman–Crippen LogP) is 2.14. The molecule has 3 N–H and O–H groups in total. The van der Waals surface area contributed by atoms with Gasteiger partial charge in [0.2, 0.25) is 5.91 Å². The number of hydrogen-bond donors (Lipinski definition) is 3. The van der Waals surface area contributed by atoms with E-state index in [-0.39, 0.29) is 24.6 Å². The van der Waals surface area contributed by atoms with Gasteiger partial charge in [-0.15, -0.1) is 0 Å². The lowest BCUT2D eigenvalue weighted by molar-refractivity contribution is -0.115. The van der Waals surface area contributed by atoms with Crippen LogP contribution >= 0.6 is 0 Å². The van der Waals surface area contributed by atoms with Gasteiger partial charge in [0.05, 0.1) is 13.2 Å². The van der Waals surface area contributed by atoms with Gasteiger partial charge in [0, 0.05) is 11.2 Å². The molecule has 1 aromatic rings. The van der Waals surface area contributed by atoms with E-state index in [2.05, 4.69) is 10.6 Å². The molecule has 2 rings (SSSR count). The van der Waals surface area contributed by atoms with E-state index >= 15 is 0 Å². The molecule has 0 atom stereocenters. The maximum atomic E-state index is 12.0. The van der Waals surface area contributed by atoms with Crippen molar-refractivity contribution in [3.05, 3.63) is 29.3 Å². The standard InChI is InChI=1S/C16H24N2O2/c1-12-6-5-7-14(13(12)2)18-15(20)10-17-16(11-19)8-3-4-9-16/h5-7,17,19H,3-4,8-11H2,1-2H3,(H,18,20). The fourth-order valence-electron chi connectivity index (χ4n) is 2.79. The molecule has 20 heavy (non-hydrogen) atoms. The summed E-state index contributed by atoms with van der Waals surface area (Å²) in [7, 11) is 0. The summed E-state index contributed by atoms with van der Waals surface area (Å²) < 4.78 is 0. The number of amides is 1. The number of aliphatic hydroxyl groups is 1. The summed E-state index contributed by atoms with van der Waals surface area (Å²) in [5.74, 6) is -0.0570. The lowest BCUT2D eigenvalue weighted by Gasteiger charge is -2.27. The molecule has 1 fully saturated rings. The van der Waals surface area contributed by atoms with Crippen molar-refractivity contribution in [1.82, 2.24) is 5.32 Å². The summed E-state index contributed by atoms with van der Waals surface area (Å²) in [6.45, 7) is 4.38. The fourth-order valence-corrected chi connectivity index (χ4v) is 2.79. The smallest absolute Gasteiger partial charge is 0.238 e. The Labute approximate surface area is 120 Å². The highest BCUT2D eigenvalue weighted by Gasteiger charge is 2.32. The maximum absolute atomic E-state index is 12.0. The summed E-state index contributed by atoms with van der Waals surface area (Å²) >= 11 is 0. The van der Waals surface area contributed by atoms with Crippen LogP contribution in [0.1, 0.15) is 36.8 Å². The monoisotopic (exact) mass is 276 g/mol. The largest absolute Gasteiger partial charge is 0.394 e. The van der Waals surface area contributed by atoms with E-state index in [9.17, 15) is 9.90 Å². The number of anilines is 1. The summed E-state index contributed by atoms with van der Waals surface area (Å²) in [5, 5.41) is 15.7. The minimum atomic E-state index is -0.251. The molecule has 4 nitrogen and oxygen atoms in total. The molecule has 0 aliphatic heterocycles. The number of carbonyl (C=O) groups is 1. The van der Waals surface area contributed by atoms with E-state index < -0.39 is 0 Å². The van der Waals surface area contributed by atoms with Crippen LogP contribution in [0.2, 0.25) is 0 Å². The molecule has 4 heteroatoms. The third-order valence-corrected chi connectivity index (χ3v) is 4.37. The molecule has 1 aliphatic rings. The van der Waals surface area contributed by atoms with Crippen LogP contribution in [0.3, 0.4) is 0 Å². The zero-order valence-electron chi connectivity index (χ0n) is 12.3. The molecule has 1 saturated carbocycles. The first-order chi connectivity index (χ1) is 9.56. The second-order valence-electron chi connectivity index (χ2n) is 5.79. The van der Waals surface area contributed by atoms with E-state index in [4.69, 9.17) is 0 Å². The van der Waals surface area contributed by atoms with Crippen molar-refractivity contribution in [3.8, 4) is 0 Å².